The van der Waals surface area contributed by atoms with Crippen LogP contribution in [0.1, 0.15) is 43.4 Å². The second kappa shape index (κ2) is 13.3. The topological polar surface area (TPSA) is 52.9 Å². The number of benzene rings is 1. The molecule has 4 rings (SSSR count). The third-order valence-electron chi connectivity index (χ3n) is 7.28. The minimum atomic E-state index is 0. The van der Waals surface area contributed by atoms with E-state index in [0.717, 1.165) is 57.2 Å². The average Bonchev–Trinajstić information content (AvgIpc) is 2.83. The molecular formula is C27H40IN5O. The fourth-order valence-electron chi connectivity index (χ4n) is 5.55. The first kappa shape index (κ1) is 26.7. The lowest BCUT2D eigenvalue weighted by molar-refractivity contribution is 0.0372. The number of nitrogens with one attached hydrogen (secondary N) is 1. The minimum Gasteiger partial charge on any atom is -0.356 e. The molecule has 2 aliphatic heterocycles. The number of likely N-dealkylation sites (tertiary alicyclic amines) is 2. The van der Waals surface area contributed by atoms with E-state index in [0.29, 0.717) is 12.0 Å². The van der Waals surface area contributed by atoms with Gasteiger partial charge in [0, 0.05) is 57.6 Å². The van der Waals surface area contributed by atoms with Gasteiger partial charge in [-0.05, 0) is 63.1 Å². The van der Waals surface area contributed by atoms with Crippen molar-refractivity contribution < 1.29 is 0 Å². The molecule has 2 atom stereocenters. The molecule has 2 fully saturated rings. The quantitative estimate of drug-likeness (QED) is 0.233. The zero-order valence-corrected chi connectivity index (χ0v) is 23.0. The van der Waals surface area contributed by atoms with Crippen LogP contribution >= 0.6 is 24.0 Å². The van der Waals surface area contributed by atoms with Crippen LogP contribution in [0, 0.1) is 12.8 Å². The number of hydrogen-bond donors (Lipinski definition) is 1. The summed E-state index contributed by atoms with van der Waals surface area (Å²) >= 11 is 0. The number of piperidine rings is 2. The third-order valence-corrected chi connectivity index (χ3v) is 7.28. The first-order chi connectivity index (χ1) is 16.2. The summed E-state index contributed by atoms with van der Waals surface area (Å²) in [5.74, 6) is 1.74. The number of fused-ring (bicyclic) bond motifs is 1. The molecule has 186 valence electrons. The number of unbranched alkanes of at least 4 members (excludes halogenated alkanes) is 1. The molecule has 0 radical (unpaired) electrons. The summed E-state index contributed by atoms with van der Waals surface area (Å²) in [5.41, 5.74) is 2.55. The Morgan fingerprint density at radius 1 is 1.06 bits per heavy atom. The van der Waals surface area contributed by atoms with Crippen LogP contribution in [-0.4, -0.2) is 59.6 Å². The van der Waals surface area contributed by atoms with Gasteiger partial charge in [-0.3, -0.25) is 14.7 Å². The molecular weight excluding hydrogens is 537 g/mol. The summed E-state index contributed by atoms with van der Waals surface area (Å²) in [6, 6.07) is 17.0. The van der Waals surface area contributed by atoms with E-state index in [-0.39, 0.29) is 29.5 Å². The first-order valence-corrected chi connectivity index (χ1v) is 12.6. The molecule has 1 N–H and O–H groups in total. The highest BCUT2D eigenvalue weighted by atomic mass is 127. The molecule has 0 aliphatic carbocycles. The summed E-state index contributed by atoms with van der Waals surface area (Å²) in [6.07, 6.45) is 5.80. The molecule has 2 aliphatic rings. The second-order valence-corrected chi connectivity index (χ2v) is 9.50. The fraction of sp³-hybridized carbons (Fsp3) is 0.556. The molecule has 6 nitrogen and oxygen atoms in total. The van der Waals surface area contributed by atoms with E-state index in [4.69, 9.17) is 0 Å². The number of guanidine groups is 1. The van der Waals surface area contributed by atoms with Gasteiger partial charge in [-0.25, -0.2) is 0 Å². The van der Waals surface area contributed by atoms with Gasteiger partial charge in [0.2, 0.25) is 0 Å². The van der Waals surface area contributed by atoms with E-state index in [9.17, 15) is 4.79 Å². The van der Waals surface area contributed by atoms with E-state index < -0.39 is 0 Å². The van der Waals surface area contributed by atoms with E-state index in [2.05, 4.69) is 50.4 Å². The van der Waals surface area contributed by atoms with E-state index in [1.807, 2.05) is 30.7 Å². The van der Waals surface area contributed by atoms with Gasteiger partial charge in [0.1, 0.15) is 0 Å². The van der Waals surface area contributed by atoms with E-state index in [1.54, 1.807) is 6.07 Å². The van der Waals surface area contributed by atoms with Gasteiger partial charge >= 0.3 is 0 Å². The van der Waals surface area contributed by atoms with Gasteiger partial charge in [-0.15, -0.1) is 24.0 Å². The maximum atomic E-state index is 12.0. The normalized spacial score (nSPS) is 21.0. The molecule has 0 bridgehead atoms. The molecule has 2 saturated heterocycles. The van der Waals surface area contributed by atoms with Crippen LogP contribution in [0.3, 0.4) is 0 Å². The summed E-state index contributed by atoms with van der Waals surface area (Å²) in [6.45, 7) is 8.09. The Balaban J connectivity index is 0.00000324. The smallest absolute Gasteiger partial charge is 0.250 e. The lowest BCUT2D eigenvalue weighted by atomic mass is 9.83. The molecule has 1 aromatic heterocycles. The summed E-state index contributed by atoms with van der Waals surface area (Å²) in [7, 11) is 1.89. The Bertz CT molecular complexity index is 976. The number of aromatic nitrogens is 1. The highest BCUT2D eigenvalue weighted by Crippen LogP contribution is 2.31. The monoisotopic (exact) mass is 577 g/mol. The van der Waals surface area contributed by atoms with E-state index >= 15 is 0 Å². The van der Waals surface area contributed by atoms with Gasteiger partial charge in [-0.1, -0.05) is 36.4 Å². The molecule has 1 aromatic carbocycles. The molecule has 7 heteroatoms. The van der Waals surface area contributed by atoms with Crippen molar-refractivity contribution >= 4 is 29.9 Å². The SMILES string of the molecule is CN=C(NCCCCn1c(C)cccc1=O)N1CCC2C(CCCN2Cc2ccccc2)C1.I. The van der Waals surface area contributed by atoms with Crippen molar-refractivity contribution in [3.8, 4) is 0 Å². The van der Waals surface area contributed by atoms with Crippen molar-refractivity contribution in [2.75, 3.05) is 33.2 Å². The maximum absolute atomic E-state index is 12.0. The van der Waals surface area contributed by atoms with Gasteiger partial charge in [0.25, 0.3) is 5.56 Å². The highest BCUT2D eigenvalue weighted by molar-refractivity contribution is 14.0. The number of rotatable bonds is 7. The van der Waals surface area contributed by atoms with Crippen LogP contribution in [0.25, 0.3) is 0 Å². The zero-order valence-electron chi connectivity index (χ0n) is 20.7. The summed E-state index contributed by atoms with van der Waals surface area (Å²) in [5, 5.41) is 3.58. The number of pyridine rings is 1. The Hall–Kier alpha value is -1.87. The van der Waals surface area contributed by atoms with Crippen LogP contribution in [0.5, 0.6) is 0 Å². The Labute approximate surface area is 221 Å². The van der Waals surface area contributed by atoms with Crippen molar-refractivity contribution in [3.05, 3.63) is 70.1 Å². The lowest BCUT2D eigenvalue weighted by Gasteiger charge is -2.48. The summed E-state index contributed by atoms with van der Waals surface area (Å²) < 4.78 is 1.86. The highest BCUT2D eigenvalue weighted by Gasteiger charge is 2.36. The van der Waals surface area contributed by atoms with Crippen molar-refractivity contribution in [2.24, 2.45) is 10.9 Å². The van der Waals surface area contributed by atoms with Crippen LogP contribution < -0.4 is 10.9 Å². The standard InChI is InChI=1S/C27H39N5O.HI/c1-22-10-8-14-26(33)32(22)18-7-6-16-29-27(28-2)31-19-15-25-24(21-31)13-9-17-30(25)20-23-11-4-3-5-12-23;/h3-5,8,10-12,14,24-25H,6-7,9,13,15-21H2,1-2H3,(H,28,29);1H. The molecule has 0 amide bonds. The van der Waals surface area contributed by atoms with Gasteiger partial charge in [0.15, 0.2) is 5.96 Å². The number of aryl methyl sites for hydroxylation is 1. The predicted octanol–water partition coefficient (Wildman–Crippen LogP) is 4.12. The predicted molar refractivity (Wildman–Crippen MR) is 151 cm³/mol. The Morgan fingerprint density at radius 3 is 2.65 bits per heavy atom. The molecule has 0 spiro atoms. The van der Waals surface area contributed by atoms with Crippen LogP contribution in [0.15, 0.2) is 58.3 Å². The van der Waals surface area contributed by atoms with E-state index in [1.165, 1.54) is 31.4 Å². The lowest BCUT2D eigenvalue weighted by Crippen LogP contribution is -2.56. The Kier molecular flexibility index (Phi) is 10.4. The Morgan fingerprint density at radius 2 is 1.88 bits per heavy atom. The minimum absolute atomic E-state index is 0. The van der Waals surface area contributed by atoms with Gasteiger partial charge in [-0.2, -0.15) is 0 Å². The van der Waals surface area contributed by atoms with Gasteiger partial charge < -0.3 is 14.8 Å². The number of nitrogens with zero attached hydrogens (tertiary/aromatic N) is 4. The zero-order chi connectivity index (χ0) is 23.0. The molecule has 0 saturated carbocycles. The first-order valence-electron chi connectivity index (χ1n) is 12.6. The molecule has 2 unspecified atom stereocenters. The molecule has 34 heavy (non-hydrogen) atoms. The largest absolute Gasteiger partial charge is 0.356 e. The van der Waals surface area contributed by atoms with Crippen molar-refractivity contribution in [3.63, 3.8) is 0 Å². The average molecular weight is 578 g/mol. The molecule has 2 aromatic rings. The van der Waals surface area contributed by atoms with Gasteiger partial charge in [0.05, 0.1) is 0 Å². The van der Waals surface area contributed by atoms with Crippen LogP contribution in [0.4, 0.5) is 0 Å². The van der Waals surface area contributed by atoms with Crippen LogP contribution in [0.2, 0.25) is 0 Å². The van der Waals surface area contributed by atoms with Crippen molar-refractivity contribution in [2.45, 2.75) is 58.2 Å². The molecule has 3 heterocycles. The number of hydrogen-bond acceptors (Lipinski definition) is 3. The summed E-state index contributed by atoms with van der Waals surface area (Å²) in [4.78, 5) is 21.8. The number of aliphatic imine (C=N–C) groups is 1. The fourth-order valence-corrected chi connectivity index (χ4v) is 5.55. The number of halogens is 1. The van der Waals surface area contributed by atoms with Crippen LogP contribution in [-0.2, 0) is 13.1 Å². The van der Waals surface area contributed by atoms with Crippen molar-refractivity contribution in [1.29, 1.82) is 0 Å². The third kappa shape index (κ3) is 6.84. The second-order valence-electron chi connectivity index (χ2n) is 9.50. The van der Waals surface area contributed by atoms with Crippen molar-refractivity contribution in [1.82, 2.24) is 19.7 Å². The maximum Gasteiger partial charge on any atom is 0.250 e.